The molecule has 1 amide bonds. The molecule has 1 aliphatic carbocycles. The monoisotopic (exact) mass is 424 g/mol. The van der Waals surface area contributed by atoms with Gasteiger partial charge < -0.3 is 14.6 Å². The molecule has 2 aromatic heterocycles. The molecule has 6 nitrogen and oxygen atoms in total. The zero-order valence-electron chi connectivity index (χ0n) is 17.9. The number of aromatic nitrogens is 2. The van der Waals surface area contributed by atoms with Crippen molar-refractivity contribution in [3.8, 4) is 11.1 Å². The number of nitrogens with zero attached hydrogens (tertiary/aromatic N) is 3. The van der Waals surface area contributed by atoms with Crippen LogP contribution < -0.4 is 5.32 Å². The van der Waals surface area contributed by atoms with Crippen LogP contribution in [0.4, 0.5) is 6.01 Å². The highest BCUT2D eigenvalue weighted by molar-refractivity contribution is 5.99. The molecule has 0 radical (unpaired) electrons. The van der Waals surface area contributed by atoms with Crippen molar-refractivity contribution in [2.45, 2.75) is 19.4 Å². The Kier molecular flexibility index (Phi) is 4.45. The van der Waals surface area contributed by atoms with Gasteiger partial charge in [0.15, 0.2) is 5.58 Å². The van der Waals surface area contributed by atoms with Crippen LogP contribution in [-0.4, -0.2) is 39.9 Å². The molecule has 4 aromatic rings. The maximum atomic E-state index is 13.7. The van der Waals surface area contributed by atoms with Crippen LogP contribution in [0.15, 0.2) is 71.3 Å². The summed E-state index contributed by atoms with van der Waals surface area (Å²) in [5.74, 6) is 1.11. The number of hydrogen-bond acceptors (Lipinski definition) is 5. The number of fused-ring (bicyclic) bond motifs is 2. The predicted molar refractivity (Wildman–Crippen MR) is 123 cm³/mol. The Bertz CT molecular complexity index is 1280. The van der Waals surface area contributed by atoms with Crippen molar-refractivity contribution in [3.63, 3.8) is 0 Å². The third kappa shape index (κ3) is 3.32. The van der Waals surface area contributed by atoms with Crippen LogP contribution in [0.25, 0.3) is 22.2 Å². The molecular formula is C26H24N4O2. The molecule has 1 N–H and O–H groups in total. The summed E-state index contributed by atoms with van der Waals surface area (Å²) in [6.07, 6.45) is 2.88. The van der Waals surface area contributed by atoms with Crippen molar-refractivity contribution >= 4 is 23.0 Å². The molecule has 1 aliphatic heterocycles. The fourth-order valence-electron chi connectivity index (χ4n) is 4.96. The van der Waals surface area contributed by atoms with Gasteiger partial charge in [-0.05, 0) is 48.9 Å². The van der Waals surface area contributed by atoms with Crippen molar-refractivity contribution in [2.75, 3.05) is 18.4 Å². The van der Waals surface area contributed by atoms with E-state index in [4.69, 9.17) is 4.42 Å². The second kappa shape index (κ2) is 7.48. The first kappa shape index (κ1) is 19.0. The van der Waals surface area contributed by atoms with Crippen LogP contribution in [0.2, 0.25) is 0 Å². The van der Waals surface area contributed by atoms with Crippen LogP contribution >= 0.6 is 0 Å². The summed E-state index contributed by atoms with van der Waals surface area (Å²) >= 11 is 0. The van der Waals surface area contributed by atoms with Gasteiger partial charge in [-0.25, -0.2) is 0 Å². The Balaban J connectivity index is 1.25. The van der Waals surface area contributed by atoms with Gasteiger partial charge in [-0.2, -0.15) is 4.98 Å². The molecule has 6 heteroatoms. The van der Waals surface area contributed by atoms with Gasteiger partial charge in [0, 0.05) is 24.8 Å². The summed E-state index contributed by atoms with van der Waals surface area (Å²) in [4.78, 5) is 24.7. The van der Waals surface area contributed by atoms with Crippen LogP contribution in [-0.2, 0) is 0 Å². The summed E-state index contributed by atoms with van der Waals surface area (Å²) in [5.41, 5.74) is 5.17. The van der Waals surface area contributed by atoms with Crippen LogP contribution in [0.1, 0.15) is 22.5 Å². The molecule has 2 aromatic carbocycles. The quantitative estimate of drug-likeness (QED) is 0.500. The van der Waals surface area contributed by atoms with E-state index < -0.39 is 0 Å². The molecule has 160 valence electrons. The van der Waals surface area contributed by atoms with Crippen LogP contribution in [0, 0.1) is 18.8 Å². The number of amides is 1. The highest BCUT2D eigenvalue weighted by atomic mass is 16.4. The van der Waals surface area contributed by atoms with Crippen molar-refractivity contribution < 1.29 is 9.21 Å². The lowest BCUT2D eigenvalue weighted by Crippen LogP contribution is -2.43. The number of carbonyl (C=O) groups is 1. The number of aryl methyl sites for hydroxylation is 1. The Morgan fingerprint density at radius 1 is 1.16 bits per heavy atom. The lowest BCUT2D eigenvalue weighted by Gasteiger charge is -2.28. The Labute approximate surface area is 186 Å². The number of piperidine rings is 1. The molecule has 1 saturated carbocycles. The maximum Gasteiger partial charge on any atom is 0.295 e. The number of nitrogens with one attached hydrogen (secondary N) is 1. The van der Waals surface area contributed by atoms with Gasteiger partial charge in [0.25, 0.3) is 11.9 Å². The summed E-state index contributed by atoms with van der Waals surface area (Å²) in [6.45, 7) is 3.46. The van der Waals surface area contributed by atoms with Gasteiger partial charge in [0.2, 0.25) is 0 Å². The van der Waals surface area contributed by atoms with E-state index in [1.165, 1.54) is 6.42 Å². The van der Waals surface area contributed by atoms with Gasteiger partial charge >= 0.3 is 0 Å². The number of oxazole rings is 1. The summed E-state index contributed by atoms with van der Waals surface area (Å²) < 4.78 is 5.81. The first-order valence-electron chi connectivity index (χ1n) is 11.1. The molecule has 3 atom stereocenters. The van der Waals surface area contributed by atoms with Gasteiger partial charge in [0.05, 0.1) is 6.04 Å². The molecule has 0 spiro atoms. The molecule has 2 fully saturated rings. The number of carbonyl (C=O) groups excluding carboxylic acids is 1. The first-order chi connectivity index (χ1) is 15.7. The highest BCUT2D eigenvalue weighted by Crippen LogP contribution is 2.50. The summed E-state index contributed by atoms with van der Waals surface area (Å²) in [6, 6.07) is 20.4. The Morgan fingerprint density at radius 3 is 2.94 bits per heavy atom. The van der Waals surface area contributed by atoms with Gasteiger partial charge in [-0.1, -0.05) is 48.0 Å². The number of hydrogen-bond donors (Lipinski definition) is 1. The molecule has 1 saturated heterocycles. The second-order valence-electron chi connectivity index (χ2n) is 8.82. The van der Waals surface area contributed by atoms with E-state index in [0.29, 0.717) is 30.1 Å². The number of benzene rings is 2. The average molecular weight is 425 g/mol. The normalized spacial score (nSPS) is 21.5. The van der Waals surface area contributed by atoms with E-state index in [0.717, 1.165) is 34.3 Å². The number of pyridine rings is 1. The second-order valence-corrected chi connectivity index (χ2v) is 8.82. The lowest BCUT2D eigenvalue weighted by atomic mass is 10.0. The molecule has 6 rings (SSSR count). The fourth-order valence-corrected chi connectivity index (χ4v) is 4.96. The zero-order chi connectivity index (χ0) is 21.7. The molecule has 0 bridgehead atoms. The van der Waals surface area contributed by atoms with Crippen molar-refractivity contribution in [2.24, 2.45) is 11.8 Å². The third-order valence-electron chi connectivity index (χ3n) is 6.66. The van der Waals surface area contributed by atoms with E-state index in [1.54, 1.807) is 6.20 Å². The number of rotatable bonds is 5. The lowest BCUT2D eigenvalue weighted by molar-refractivity contribution is 0.0710. The number of para-hydroxylation sites is 2. The third-order valence-corrected chi connectivity index (χ3v) is 6.66. The molecule has 3 heterocycles. The number of anilines is 1. The largest absolute Gasteiger partial charge is 0.424 e. The summed E-state index contributed by atoms with van der Waals surface area (Å²) in [5, 5.41) is 3.33. The molecule has 32 heavy (non-hydrogen) atoms. The Hall–Kier alpha value is -3.67. The minimum absolute atomic E-state index is 0.00123. The molecule has 2 aliphatic rings. The molecule has 2 unspecified atom stereocenters. The smallest absolute Gasteiger partial charge is 0.295 e. The zero-order valence-corrected chi connectivity index (χ0v) is 17.9. The van der Waals surface area contributed by atoms with E-state index >= 15 is 0 Å². The van der Waals surface area contributed by atoms with Crippen molar-refractivity contribution in [1.82, 2.24) is 14.9 Å². The van der Waals surface area contributed by atoms with Crippen LogP contribution in [0.3, 0.4) is 0 Å². The van der Waals surface area contributed by atoms with Gasteiger partial charge in [-0.3, -0.25) is 9.78 Å². The topological polar surface area (TPSA) is 71.3 Å². The van der Waals surface area contributed by atoms with Crippen molar-refractivity contribution in [1.29, 1.82) is 0 Å². The predicted octanol–water partition coefficient (Wildman–Crippen LogP) is 4.77. The van der Waals surface area contributed by atoms with E-state index in [9.17, 15) is 4.79 Å². The average Bonchev–Trinajstić information content (AvgIpc) is 3.31. The SMILES string of the molecule is Cc1cccc(-c2cccnc2C(=O)N2CC3CC3[C@H]2CNc2nc3ccccc3o2)c1. The van der Waals surface area contributed by atoms with E-state index in [1.807, 2.05) is 53.4 Å². The van der Waals surface area contributed by atoms with E-state index in [2.05, 4.69) is 34.3 Å². The molecular weight excluding hydrogens is 400 g/mol. The minimum atomic E-state index is -0.00123. The summed E-state index contributed by atoms with van der Waals surface area (Å²) in [7, 11) is 0. The van der Waals surface area contributed by atoms with Gasteiger partial charge in [0.1, 0.15) is 11.2 Å². The van der Waals surface area contributed by atoms with Crippen LogP contribution in [0.5, 0.6) is 0 Å². The fraction of sp³-hybridized carbons (Fsp3) is 0.269. The van der Waals surface area contributed by atoms with E-state index in [-0.39, 0.29) is 11.9 Å². The highest BCUT2D eigenvalue weighted by Gasteiger charge is 2.54. The first-order valence-corrected chi connectivity index (χ1v) is 11.1. The van der Waals surface area contributed by atoms with Crippen molar-refractivity contribution in [3.05, 3.63) is 78.1 Å². The van der Waals surface area contributed by atoms with Gasteiger partial charge in [-0.15, -0.1) is 0 Å². The number of likely N-dealkylation sites (tertiary alicyclic amines) is 1. The Morgan fingerprint density at radius 2 is 2.06 bits per heavy atom. The standard InChI is InChI=1S/C26H24N4O2/c1-16-6-4-7-17(12-16)19-8-5-11-27-24(19)25(31)30-15-18-13-20(18)22(30)14-28-26-29-21-9-2-3-10-23(21)32-26/h2-12,18,20,22H,13-15H2,1H3,(H,28,29)/t18?,20?,22-/m1/s1. The maximum absolute atomic E-state index is 13.7. The minimum Gasteiger partial charge on any atom is -0.424 e.